The van der Waals surface area contributed by atoms with Crippen LogP contribution in [0.5, 0.6) is 0 Å². The first-order chi connectivity index (χ1) is 8.51. The maximum atomic E-state index is 11.5. The van der Waals surface area contributed by atoms with Gasteiger partial charge in [0, 0.05) is 20.0 Å². The van der Waals surface area contributed by atoms with Gasteiger partial charge >= 0.3 is 12.1 Å². The van der Waals surface area contributed by atoms with E-state index in [0.29, 0.717) is 13.0 Å². The summed E-state index contributed by atoms with van der Waals surface area (Å²) in [6, 6.07) is -0.589. The van der Waals surface area contributed by atoms with Crippen molar-refractivity contribution in [3.8, 4) is 0 Å². The summed E-state index contributed by atoms with van der Waals surface area (Å²) in [6.45, 7) is 5.89. The van der Waals surface area contributed by atoms with Gasteiger partial charge in [-0.3, -0.25) is 5.41 Å². The molecule has 0 atom stereocenters. The maximum Gasteiger partial charge on any atom is 0.415 e. The second kappa shape index (κ2) is 9.03. The average Bonchev–Trinajstić information content (AvgIpc) is 2.33. The first-order valence-electron chi connectivity index (χ1n) is 5.51. The Morgan fingerprint density at radius 3 is 2.67 bits per heavy atom. The molecule has 0 bridgehead atoms. The van der Waals surface area contributed by atoms with E-state index in [0.717, 1.165) is 0 Å². The fourth-order valence-corrected chi connectivity index (χ4v) is 0.971. The number of carbonyl (C=O) groups is 2. The zero-order chi connectivity index (χ0) is 14.0. The second-order valence-corrected chi connectivity index (χ2v) is 3.35. The Kier molecular flexibility index (Phi) is 8.00. The van der Waals surface area contributed by atoms with Crippen molar-refractivity contribution in [1.29, 1.82) is 5.41 Å². The van der Waals surface area contributed by atoms with Crippen molar-refractivity contribution in [2.75, 3.05) is 26.8 Å². The maximum absolute atomic E-state index is 11.5. The molecule has 0 aromatic carbocycles. The SMILES string of the molecule is C=CCOC(=O)NC(=O)N(C)CCC(=N)OCC. The molecule has 0 saturated heterocycles. The van der Waals surface area contributed by atoms with Crippen molar-refractivity contribution in [2.45, 2.75) is 13.3 Å². The predicted molar refractivity (Wildman–Crippen MR) is 66.7 cm³/mol. The van der Waals surface area contributed by atoms with Gasteiger partial charge in [-0.15, -0.1) is 0 Å². The van der Waals surface area contributed by atoms with Crippen molar-refractivity contribution in [1.82, 2.24) is 10.2 Å². The topological polar surface area (TPSA) is 91.7 Å². The highest BCUT2D eigenvalue weighted by atomic mass is 16.5. The molecule has 7 heteroatoms. The number of rotatable bonds is 6. The normalized spacial score (nSPS) is 9.22. The van der Waals surface area contributed by atoms with Gasteiger partial charge < -0.3 is 14.4 Å². The molecule has 0 aliphatic heterocycles. The molecule has 18 heavy (non-hydrogen) atoms. The first-order valence-corrected chi connectivity index (χ1v) is 5.51. The van der Waals surface area contributed by atoms with Crippen LogP contribution in [0.1, 0.15) is 13.3 Å². The minimum Gasteiger partial charge on any atom is -0.481 e. The molecular formula is C11H19N3O4. The van der Waals surface area contributed by atoms with E-state index in [1.165, 1.54) is 18.0 Å². The molecule has 0 spiro atoms. The number of amides is 3. The minimum atomic E-state index is -0.827. The molecule has 0 rings (SSSR count). The summed E-state index contributed by atoms with van der Waals surface area (Å²) in [5, 5.41) is 9.41. The summed E-state index contributed by atoms with van der Waals surface area (Å²) in [5.41, 5.74) is 0. The molecule has 102 valence electrons. The van der Waals surface area contributed by atoms with Crippen LogP contribution in [-0.2, 0) is 9.47 Å². The molecule has 0 radical (unpaired) electrons. The van der Waals surface area contributed by atoms with Gasteiger partial charge in [0.2, 0.25) is 0 Å². The summed E-state index contributed by atoms with van der Waals surface area (Å²) in [4.78, 5) is 23.8. The van der Waals surface area contributed by atoms with E-state index in [2.05, 4.69) is 11.3 Å². The third-order valence-electron chi connectivity index (χ3n) is 1.88. The highest BCUT2D eigenvalue weighted by Gasteiger charge is 2.13. The van der Waals surface area contributed by atoms with Crippen LogP contribution < -0.4 is 5.32 Å². The van der Waals surface area contributed by atoms with Crippen molar-refractivity contribution in [2.24, 2.45) is 0 Å². The predicted octanol–water partition coefficient (Wildman–Crippen LogP) is 1.35. The number of ether oxygens (including phenoxy) is 2. The number of carbonyl (C=O) groups excluding carboxylic acids is 2. The molecule has 7 nitrogen and oxygen atoms in total. The number of nitrogens with one attached hydrogen (secondary N) is 2. The second-order valence-electron chi connectivity index (χ2n) is 3.35. The van der Waals surface area contributed by atoms with E-state index >= 15 is 0 Å². The Balaban J connectivity index is 3.92. The number of alkyl carbamates (subject to hydrolysis) is 1. The fourth-order valence-electron chi connectivity index (χ4n) is 0.971. The van der Waals surface area contributed by atoms with Crippen LogP contribution in [0, 0.1) is 5.41 Å². The zero-order valence-electron chi connectivity index (χ0n) is 10.7. The summed E-state index contributed by atoms with van der Waals surface area (Å²) in [6.07, 6.45) is 0.864. The van der Waals surface area contributed by atoms with E-state index in [1.54, 1.807) is 6.92 Å². The summed E-state index contributed by atoms with van der Waals surface area (Å²) in [5.74, 6) is 0.103. The van der Waals surface area contributed by atoms with Gasteiger partial charge in [-0.05, 0) is 6.92 Å². The van der Waals surface area contributed by atoms with Gasteiger partial charge in [-0.2, -0.15) is 0 Å². The van der Waals surface area contributed by atoms with Crippen molar-refractivity contribution in [3.05, 3.63) is 12.7 Å². The van der Waals surface area contributed by atoms with Crippen molar-refractivity contribution >= 4 is 18.0 Å². The van der Waals surface area contributed by atoms with Gasteiger partial charge in [0.05, 0.1) is 6.61 Å². The Bertz CT molecular complexity index is 317. The molecule has 0 aliphatic carbocycles. The van der Waals surface area contributed by atoms with Crippen LogP contribution in [0.3, 0.4) is 0 Å². The van der Waals surface area contributed by atoms with Crippen LogP contribution in [0.15, 0.2) is 12.7 Å². The third-order valence-corrected chi connectivity index (χ3v) is 1.88. The molecule has 0 fully saturated rings. The Labute approximate surface area is 106 Å². The molecule has 0 heterocycles. The monoisotopic (exact) mass is 257 g/mol. The summed E-state index contributed by atoms with van der Waals surface area (Å²) < 4.78 is 9.52. The molecular weight excluding hydrogens is 238 g/mol. The Hall–Kier alpha value is -2.05. The third kappa shape index (κ3) is 7.26. The fraction of sp³-hybridized carbons (Fsp3) is 0.545. The van der Waals surface area contributed by atoms with E-state index in [1.807, 2.05) is 5.32 Å². The lowest BCUT2D eigenvalue weighted by Gasteiger charge is -2.17. The lowest BCUT2D eigenvalue weighted by molar-refractivity contribution is 0.154. The van der Waals surface area contributed by atoms with Gasteiger partial charge in [0.1, 0.15) is 6.61 Å². The zero-order valence-corrected chi connectivity index (χ0v) is 10.7. The number of urea groups is 1. The van der Waals surface area contributed by atoms with Gasteiger partial charge in [-0.25, -0.2) is 14.9 Å². The van der Waals surface area contributed by atoms with Crippen molar-refractivity contribution in [3.63, 3.8) is 0 Å². The Morgan fingerprint density at radius 2 is 2.11 bits per heavy atom. The number of imide groups is 1. The molecule has 0 aliphatic rings. The molecule has 2 N–H and O–H groups in total. The molecule has 0 aromatic heterocycles. The van der Waals surface area contributed by atoms with Crippen LogP contribution >= 0.6 is 0 Å². The largest absolute Gasteiger partial charge is 0.481 e. The van der Waals surface area contributed by atoms with Gasteiger partial charge in [-0.1, -0.05) is 12.7 Å². The van der Waals surface area contributed by atoms with Crippen molar-refractivity contribution < 1.29 is 19.1 Å². The van der Waals surface area contributed by atoms with Crippen LogP contribution in [0.4, 0.5) is 9.59 Å². The van der Waals surface area contributed by atoms with E-state index in [9.17, 15) is 9.59 Å². The standard InChI is InChI=1S/C11H19N3O4/c1-4-8-18-11(16)13-10(15)14(3)7-6-9(12)17-5-2/h4,12H,1,5-8H2,2-3H3,(H,13,15,16). The van der Waals surface area contributed by atoms with Gasteiger partial charge in [0.25, 0.3) is 0 Å². The van der Waals surface area contributed by atoms with E-state index < -0.39 is 12.1 Å². The quantitative estimate of drug-likeness (QED) is 0.427. The van der Waals surface area contributed by atoms with Gasteiger partial charge in [0.15, 0.2) is 5.90 Å². The van der Waals surface area contributed by atoms with Crippen LogP contribution in [0.2, 0.25) is 0 Å². The first kappa shape index (κ1) is 16.0. The molecule has 0 unspecified atom stereocenters. The average molecular weight is 257 g/mol. The molecule has 3 amide bonds. The van der Waals surface area contributed by atoms with Crippen LogP contribution in [-0.4, -0.2) is 49.7 Å². The molecule has 0 aromatic rings. The number of nitrogens with zero attached hydrogens (tertiary/aromatic N) is 1. The number of hydrogen-bond donors (Lipinski definition) is 2. The van der Waals surface area contributed by atoms with Crippen LogP contribution in [0.25, 0.3) is 0 Å². The molecule has 0 saturated carbocycles. The highest BCUT2D eigenvalue weighted by molar-refractivity contribution is 5.90. The minimum absolute atomic E-state index is 0.0395. The lowest BCUT2D eigenvalue weighted by atomic mass is 10.4. The lowest BCUT2D eigenvalue weighted by Crippen LogP contribution is -2.41. The highest BCUT2D eigenvalue weighted by Crippen LogP contribution is 1.93. The number of hydrogen-bond acceptors (Lipinski definition) is 5. The summed E-state index contributed by atoms with van der Waals surface area (Å²) >= 11 is 0. The Morgan fingerprint density at radius 1 is 1.44 bits per heavy atom. The van der Waals surface area contributed by atoms with E-state index in [4.69, 9.17) is 10.1 Å². The smallest absolute Gasteiger partial charge is 0.415 e. The summed E-state index contributed by atoms with van der Waals surface area (Å²) in [7, 11) is 1.51. The van der Waals surface area contributed by atoms with E-state index in [-0.39, 0.29) is 19.0 Å².